The van der Waals surface area contributed by atoms with Crippen molar-refractivity contribution in [3.8, 4) is 11.1 Å². The number of fused-ring (bicyclic) bond motifs is 3. The van der Waals surface area contributed by atoms with Crippen LogP contribution in [-0.4, -0.2) is 28.1 Å². The molecule has 0 radical (unpaired) electrons. The highest BCUT2D eigenvalue weighted by Gasteiger charge is 2.22. The van der Waals surface area contributed by atoms with Gasteiger partial charge in [0.1, 0.15) is 5.56 Å². The van der Waals surface area contributed by atoms with Gasteiger partial charge < -0.3 is 4.74 Å². The topological polar surface area (TPSA) is 78.3 Å². The Bertz CT molecular complexity index is 1220. The van der Waals surface area contributed by atoms with Gasteiger partial charge >= 0.3 is 5.97 Å². The van der Waals surface area contributed by atoms with Gasteiger partial charge in [0, 0.05) is 12.6 Å². The van der Waals surface area contributed by atoms with Crippen LogP contribution in [0.3, 0.4) is 0 Å². The van der Waals surface area contributed by atoms with Crippen LogP contribution in [0.5, 0.6) is 0 Å². The zero-order valence-electron chi connectivity index (χ0n) is 16.5. The van der Waals surface area contributed by atoms with Crippen LogP contribution < -0.4 is 5.56 Å². The summed E-state index contributed by atoms with van der Waals surface area (Å²) in [5, 5.41) is 4.04. The smallest absolute Gasteiger partial charge is 0.344 e. The number of rotatable bonds is 4. The van der Waals surface area contributed by atoms with Crippen LogP contribution >= 0.6 is 0 Å². The molecule has 0 saturated heterocycles. The van der Waals surface area contributed by atoms with Crippen molar-refractivity contribution >= 4 is 11.8 Å². The van der Waals surface area contributed by atoms with Crippen molar-refractivity contribution in [3.05, 3.63) is 86.3 Å². The van der Waals surface area contributed by atoms with E-state index in [-0.39, 0.29) is 11.3 Å². The van der Waals surface area contributed by atoms with E-state index >= 15 is 0 Å². The highest BCUT2D eigenvalue weighted by atomic mass is 16.5. The second-order valence-corrected chi connectivity index (χ2v) is 7.22. The molecule has 1 aliphatic carbocycles. The lowest BCUT2D eigenvalue weighted by atomic mass is 10.0. The van der Waals surface area contributed by atoms with Crippen molar-refractivity contribution in [2.75, 3.05) is 6.61 Å². The van der Waals surface area contributed by atoms with Gasteiger partial charge in [-0.3, -0.25) is 9.59 Å². The molecule has 0 unspecified atom stereocenters. The highest BCUT2D eigenvalue weighted by Crippen LogP contribution is 2.36. The monoisotopic (exact) mass is 388 g/mol. The fourth-order valence-corrected chi connectivity index (χ4v) is 3.67. The summed E-state index contributed by atoms with van der Waals surface area (Å²) >= 11 is 0. The number of ether oxygens (including phenoxy) is 1. The minimum atomic E-state index is -0.812. The Morgan fingerprint density at radius 2 is 1.79 bits per heavy atom. The molecule has 6 heteroatoms. The maximum atomic E-state index is 12.6. The zero-order valence-corrected chi connectivity index (χ0v) is 16.5. The third-order valence-electron chi connectivity index (χ3n) is 5.38. The predicted octanol–water partition coefficient (Wildman–Crippen LogP) is 3.01. The molecule has 3 aromatic rings. The molecule has 0 atom stereocenters. The van der Waals surface area contributed by atoms with E-state index in [0.717, 1.165) is 22.2 Å². The van der Waals surface area contributed by atoms with Crippen molar-refractivity contribution in [1.29, 1.82) is 0 Å². The summed E-state index contributed by atoms with van der Waals surface area (Å²) in [6.45, 7) is 2.92. The molecule has 0 N–H and O–H groups in total. The first kappa shape index (κ1) is 18.8. The van der Waals surface area contributed by atoms with Gasteiger partial charge in [0.05, 0.1) is 5.69 Å². The van der Waals surface area contributed by atoms with Crippen LogP contribution in [0, 0.1) is 13.8 Å². The van der Waals surface area contributed by atoms with E-state index in [2.05, 4.69) is 11.2 Å². The lowest BCUT2D eigenvalue weighted by Gasteiger charge is -2.10. The van der Waals surface area contributed by atoms with Gasteiger partial charge in [0.25, 0.3) is 5.56 Å². The number of carbonyl (C=O) groups excluding carboxylic acids is 2. The molecule has 29 heavy (non-hydrogen) atoms. The second-order valence-electron chi connectivity index (χ2n) is 7.22. The zero-order chi connectivity index (χ0) is 20.7. The first-order valence-corrected chi connectivity index (χ1v) is 9.33. The van der Waals surface area contributed by atoms with E-state index in [1.165, 1.54) is 18.2 Å². The van der Waals surface area contributed by atoms with Gasteiger partial charge in [-0.1, -0.05) is 36.4 Å². The van der Waals surface area contributed by atoms with E-state index in [1.54, 1.807) is 19.9 Å². The molecule has 146 valence electrons. The van der Waals surface area contributed by atoms with E-state index in [1.807, 2.05) is 30.3 Å². The number of ketones is 1. The van der Waals surface area contributed by atoms with Gasteiger partial charge in [0.15, 0.2) is 12.4 Å². The van der Waals surface area contributed by atoms with Crippen LogP contribution in [0.2, 0.25) is 0 Å². The molecular formula is C23H20N2O4. The molecule has 2 aromatic carbocycles. The lowest BCUT2D eigenvalue weighted by molar-refractivity contribution is 0.0471. The van der Waals surface area contributed by atoms with Gasteiger partial charge in [-0.15, -0.1) is 0 Å². The van der Waals surface area contributed by atoms with Gasteiger partial charge in [-0.2, -0.15) is 5.10 Å². The number of aromatic nitrogens is 2. The molecule has 0 saturated carbocycles. The summed E-state index contributed by atoms with van der Waals surface area (Å²) in [4.78, 5) is 37.3. The quantitative estimate of drug-likeness (QED) is 0.397. The number of hydrogen-bond acceptors (Lipinski definition) is 5. The largest absolute Gasteiger partial charge is 0.454 e. The Morgan fingerprint density at radius 3 is 2.59 bits per heavy atom. The third-order valence-corrected chi connectivity index (χ3v) is 5.38. The van der Waals surface area contributed by atoms with Gasteiger partial charge in [-0.05, 0) is 54.2 Å². The number of Topliss-reactive ketones (excluding diaryl/α,β-unsaturated/α-hetero) is 1. The summed E-state index contributed by atoms with van der Waals surface area (Å²) < 4.78 is 6.27. The summed E-state index contributed by atoms with van der Waals surface area (Å²) in [6, 6.07) is 13.6. The molecule has 0 spiro atoms. The SMILES string of the molecule is Cc1nn(C)c(=O)c(C(=O)OCC(=O)c2ccc3c(c2)-c2ccccc2C3)c1C. The van der Waals surface area contributed by atoms with Crippen LogP contribution in [0.15, 0.2) is 47.3 Å². The molecule has 1 aliphatic rings. The van der Waals surface area contributed by atoms with Crippen LogP contribution in [-0.2, 0) is 18.2 Å². The van der Waals surface area contributed by atoms with Crippen molar-refractivity contribution in [2.45, 2.75) is 20.3 Å². The molecular weight excluding hydrogens is 368 g/mol. The first-order valence-electron chi connectivity index (χ1n) is 9.33. The normalized spacial score (nSPS) is 11.7. The van der Waals surface area contributed by atoms with Crippen molar-refractivity contribution in [1.82, 2.24) is 9.78 Å². The Morgan fingerprint density at radius 1 is 1.07 bits per heavy atom. The van der Waals surface area contributed by atoms with Gasteiger partial charge in [0.2, 0.25) is 0 Å². The van der Waals surface area contributed by atoms with Crippen molar-refractivity contribution in [2.24, 2.45) is 7.05 Å². The third kappa shape index (κ3) is 3.27. The summed E-state index contributed by atoms with van der Waals surface area (Å²) in [7, 11) is 1.47. The molecule has 4 rings (SSSR count). The number of benzene rings is 2. The van der Waals surface area contributed by atoms with Gasteiger partial charge in [-0.25, -0.2) is 9.48 Å². The molecule has 0 fully saturated rings. The first-order chi connectivity index (χ1) is 13.9. The number of carbonyl (C=O) groups is 2. The number of hydrogen-bond donors (Lipinski definition) is 0. The summed E-state index contributed by atoms with van der Waals surface area (Å²) in [5.41, 5.74) is 5.43. The van der Waals surface area contributed by atoms with Crippen LogP contribution in [0.25, 0.3) is 11.1 Å². The Labute approximate surface area is 167 Å². The second kappa shape index (κ2) is 7.13. The maximum absolute atomic E-state index is 12.6. The summed E-state index contributed by atoms with van der Waals surface area (Å²) in [6.07, 6.45) is 0.846. The van der Waals surface area contributed by atoms with E-state index in [0.29, 0.717) is 16.8 Å². The lowest BCUT2D eigenvalue weighted by Crippen LogP contribution is -2.30. The van der Waals surface area contributed by atoms with Crippen molar-refractivity contribution in [3.63, 3.8) is 0 Å². The number of nitrogens with zero attached hydrogens (tertiary/aromatic N) is 2. The maximum Gasteiger partial charge on any atom is 0.344 e. The molecule has 0 bridgehead atoms. The van der Waals surface area contributed by atoms with E-state index in [4.69, 9.17) is 4.74 Å². The average molecular weight is 388 g/mol. The minimum Gasteiger partial charge on any atom is -0.454 e. The molecule has 6 nitrogen and oxygen atoms in total. The number of esters is 1. The Kier molecular flexibility index (Phi) is 4.62. The minimum absolute atomic E-state index is 0.0873. The fraction of sp³-hybridized carbons (Fsp3) is 0.217. The highest BCUT2D eigenvalue weighted by molar-refractivity contribution is 6.01. The molecule has 1 heterocycles. The van der Waals surface area contributed by atoms with Crippen molar-refractivity contribution < 1.29 is 14.3 Å². The van der Waals surface area contributed by atoms with E-state index < -0.39 is 18.1 Å². The predicted molar refractivity (Wildman–Crippen MR) is 108 cm³/mol. The Balaban J connectivity index is 1.54. The summed E-state index contributed by atoms with van der Waals surface area (Å²) in [5.74, 6) is -1.13. The molecule has 0 aliphatic heterocycles. The standard InChI is InChI=1S/C23H20N2O4/c1-13-14(2)24-25(3)22(27)21(13)23(28)29-12-20(26)17-9-8-16-10-15-6-4-5-7-18(15)19(16)11-17/h4-9,11H,10,12H2,1-3H3. The Hall–Kier alpha value is -3.54. The number of aryl methyl sites for hydroxylation is 2. The van der Waals surface area contributed by atoms with E-state index in [9.17, 15) is 14.4 Å². The van der Waals surface area contributed by atoms with Crippen LogP contribution in [0.4, 0.5) is 0 Å². The molecule has 0 amide bonds. The van der Waals surface area contributed by atoms with Crippen LogP contribution in [0.1, 0.15) is 43.1 Å². The fourth-order valence-electron chi connectivity index (χ4n) is 3.67. The average Bonchev–Trinajstić information content (AvgIpc) is 3.08. The molecule has 1 aromatic heterocycles.